The third-order valence-corrected chi connectivity index (χ3v) is 4.22. The van der Waals surface area contributed by atoms with Gasteiger partial charge in [-0.25, -0.2) is 0 Å². The van der Waals surface area contributed by atoms with Crippen LogP contribution in [0.2, 0.25) is 0 Å². The number of ether oxygens (including phenoxy) is 1. The molecule has 1 saturated carbocycles. The van der Waals surface area contributed by atoms with Crippen LogP contribution >= 0.6 is 11.6 Å². The SMILES string of the molecule is CC1CCCC1C(=O)N1CCOCC1CCl. The molecule has 2 fully saturated rings. The van der Waals surface area contributed by atoms with Gasteiger partial charge in [0.05, 0.1) is 19.3 Å². The van der Waals surface area contributed by atoms with Crippen molar-refractivity contribution in [2.45, 2.75) is 32.2 Å². The standard InChI is InChI=1S/C12H20ClNO2/c1-9-3-2-4-11(9)12(15)14-5-6-16-8-10(14)7-13/h9-11H,2-8H2,1H3. The molecule has 0 N–H and O–H groups in total. The van der Waals surface area contributed by atoms with Crippen LogP contribution in [0.1, 0.15) is 26.2 Å². The first kappa shape index (κ1) is 12.2. The van der Waals surface area contributed by atoms with Gasteiger partial charge < -0.3 is 9.64 Å². The fourth-order valence-corrected chi connectivity index (χ4v) is 3.05. The number of carbonyl (C=O) groups is 1. The minimum absolute atomic E-state index is 0.0794. The van der Waals surface area contributed by atoms with Crippen molar-refractivity contribution in [2.24, 2.45) is 11.8 Å². The van der Waals surface area contributed by atoms with Crippen LogP contribution in [0.25, 0.3) is 0 Å². The smallest absolute Gasteiger partial charge is 0.226 e. The maximum absolute atomic E-state index is 12.4. The molecule has 1 aliphatic heterocycles. The third kappa shape index (κ3) is 2.35. The highest BCUT2D eigenvalue weighted by atomic mass is 35.5. The summed E-state index contributed by atoms with van der Waals surface area (Å²) in [5.74, 6) is 1.54. The molecule has 92 valence electrons. The Hall–Kier alpha value is -0.280. The average Bonchev–Trinajstić information content (AvgIpc) is 2.74. The van der Waals surface area contributed by atoms with Crippen molar-refractivity contribution < 1.29 is 9.53 Å². The molecule has 3 unspecified atom stereocenters. The zero-order valence-corrected chi connectivity index (χ0v) is 10.6. The van der Waals surface area contributed by atoms with Crippen LogP contribution in [0.3, 0.4) is 0 Å². The second-order valence-corrected chi connectivity index (χ2v) is 5.24. The van der Waals surface area contributed by atoms with Gasteiger partial charge in [-0.15, -0.1) is 11.6 Å². The summed E-state index contributed by atoms with van der Waals surface area (Å²) in [4.78, 5) is 14.3. The Morgan fingerprint density at radius 2 is 2.31 bits per heavy atom. The molecule has 0 aromatic carbocycles. The van der Waals surface area contributed by atoms with Gasteiger partial charge in [-0.2, -0.15) is 0 Å². The van der Waals surface area contributed by atoms with Gasteiger partial charge in [-0.3, -0.25) is 4.79 Å². The molecular formula is C12H20ClNO2. The second kappa shape index (κ2) is 5.37. The summed E-state index contributed by atoms with van der Waals surface area (Å²) in [7, 11) is 0. The summed E-state index contributed by atoms with van der Waals surface area (Å²) in [6.45, 7) is 4.14. The van der Waals surface area contributed by atoms with E-state index in [1.54, 1.807) is 0 Å². The number of halogens is 1. The zero-order chi connectivity index (χ0) is 11.5. The monoisotopic (exact) mass is 245 g/mol. The van der Waals surface area contributed by atoms with E-state index in [1.165, 1.54) is 12.8 Å². The normalized spacial score (nSPS) is 35.4. The number of rotatable bonds is 2. The van der Waals surface area contributed by atoms with Crippen molar-refractivity contribution in [3.8, 4) is 0 Å². The van der Waals surface area contributed by atoms with E-state index in [2.05, 4.69) is 6.92 Å². The summed E-state index contributed by atoms with van der Waals surface area (Å²) >= 11 is 5.89. The fourth-order valence-electron chi connectivity index (χ4n) is 2.80. The topological polar surface area (TPSA) is 29.5 Å². The molecular weight excluding hydrogens is 226 g/mol. The van der Waals surface area contributed by atoms with E-state index in [9.17, 15) is 4.79 Å². The van der Waals surface area contributed by atoms with Crippen LogP contribution in [0.15, 0.2) is 0 Å². The van der Waals surface area contributed by atoms with Crippen molar-refractivity contribution in [3.63, 3.8) is 0 Å². The second-order valence-electron chi connectivity index (χ2n) is 4.93. The Kier molecular flexibility index (Phi) is 4.09. The summed E-state index contributed by atoms with van der Waals surface area (Å²) in [5.41, 5.74) is 0. The Morgan fingerprint density at radius 3 is 2.94 bits per heavy atom. The number of alkyl halides is 1. The minimum atomic E-state index is 0.0794. The van der Waals surface area contributed by atoms with E-state index in [-0.39, 0.29) is 12.0 Å². The molecule has 1 aliphatic carbocycles. The van der Waals surface area contributed by atoms with Gasteiger partial charge in [0.15, 0.2) is 0 Å². The molecule has 3 atom stereocenters. The number of nitrogens with zero attached hydrogens (tertiary/aromatic N) is 1. The minimum Gasteiger partial charge on any atom is -0.377 e. The molecule has 0 spiro atoms. The van der Waals surface area contributed by atoms with Gasteiger partial charge in [-0.05, 0) is 18.8 Å². The van der Waals surface area contributed by atoms with Crippen LogP contribution in [-0.4, -0.2) is 42.5 Å². The fraction of sp³-hybridized carbons (Fsp3) is 0.917. The molecule has 1 heterocycles. The Morgan fingerprint density at radius 1 is 1.50 bits per heavy atom. The molecule has 3 nitrogen and oxygen atoms in total. The number of morpholine rings is 1. The maximum Gasteiger partial charge on any atom is 0.226 e. The summed E-state index contributed by atoms with van der Waals surface area (Å²) in [6.07, 6.45) is 3.42. The van der Waals surface area contributed by atoms with E-state index in [0.717, 1.165) is 6.42 Å². The predicted octanol–water partition coefficient (Wildman–Crippen LogP) is 1.89. The van der Waals surface area contributed by atoms with Gasteiger partial charge in [0, 0.05) is 18.3 Å². The first-order chi connectivity index (χ1) is 7.74. The molecule has 2 aliphatic rings. The van der Waals surface area contributed by atoms with Gasteiger partial charge in [0.25, 0.3) is 0 Å². The molecule has 0 radical (unpaired) electrons. The Balaban J connectivity index is 2.01. The van der Waals surface area contributed by atoms with Crippen molar-refractivity contribution in [3.05, 3.63) is 0 Å². The molecule has 0 bridgehead atoms. The van der Waals surface area contributed by atoms with Gasteiger partial charge in [0.2, 0.25) is 5.91 Å². The highest BCUT2D eigenvalue weighted by Crippen LogP contribution is 2.33. The van der Waals surface area contributed by atoms with Crippen LogP contribution in [0.5, 0.6) is 0 Å². The summed E-state index contributed by atoms with van der Waals surface area (Å²) in [5, 5.41) is 0. The van der Waals surface area contributed by atoms with Crippen LogP contribution in [0, 0.1) is 11.8 Å². The van der Waals surface area contributed by atoms with E-state index in [0.29, 0.717) is 37.5 Å². The lowest BCUT2D eigenvalue weighted by molar-refractivity contribution is -0.144. The summed E-state index contributed by atoms with van der Waals surface area (Å²) in [6, 6.07) is 0.0794. The molecule has 0 aromatic heterocycles. The largest absolute Gasteiger partial charge is 0.377 e. The van der Waals surface area contributed by atoms with E-state index >= 15 is 0 Å². The number of hydrogen-bond donors (Lipinski definition) is 0. The molecule has 1 saturated heterocycles. The van der Waals surface area contributed by atoms with Crippen molar-refractivity contribution in [2.75, 3.05) is 25.6 Å². The molecule has 0 aromatic rings. The predicted molar refractivity (Wildman–Crippen MR) is 63.5 cm³/mol. The van der Waals surface area contributed by atoms with Crippen molar-refractivity contribution in [1.82, 2.24) is 4.90 Å². The lowest BCUT2D eigenvalue weighted by Gasteiger charge is -2.36. The highest BCUT2D eigenvalue weighted by Gasteiger charge is 2.36. The van der Waals surface area contributed by atoms with Gasteiger partial charge in [-0.1, -0.05) is 13.3 Å². The molecule has 2 rings (SSSR count). The zero-order valence-electron chi connectivity index (χ0n) is 9.82. The quantitative estimate of drug-likeness (QED) is 0.696. The van der Waals surface area contributed by atoms with Gasteiger partial charge in [0.1, 0.15) is 0 Å². The number of carbonyl (C=O) groups excluding carboxylic acids is 1. The van der Waals surface area contributed by atoms with Crippen molar-refractivity contribution >= 4 is 17.5 Å². The first-order valence-corrected chi connectivity index (χ1v) is 6.71. The Bertz CT molecular complexity index is 259. The van der Waals surface area contributed by atoms with Crippen molar-refractivity contribution in [1.29, 1.82) is 0 Å². The van der Waals surface area contributed by atoms with Crippen LogP contribution in [-0.2, 0) is 9.53 Å². The molecule has 1 amide bonds. The third-order valence-electron chi connectivity index (χ3n) is 3.87. The first-order valence-electron chi connectivity index (χ1n) is 6.18. The summed E-state index contributed by atoms with van der Waals surface area (Å²) < 4.78 is 5.36. The Labute approximate surface area is 102 Å². The lowest BCUT2D eigenvalue weighted by Crippen LogP contribution is -2.52. The van der Waals surface area contributed by atoms with E-state index in [1.807, 2.05) is 4.90 Å². The number of amides is 1. The molecule has 16 heavy (non-hydrogen) atoms. The average molecular weight is 246 g/mol. The van der Waals surface area contributed by atoms with Crippen LogP contribution < -0.4 is 0 Å². The maximum atomic E-state index is 12.4. The highest BCUT2D eigenvalue weighted by molar-refractivity contribution is 6.18. The van der Waals surface area contributed by atoms with E-state index in [4.69, 9.17) is 16.3 Å². The van der Waals surface area contributed by atoms with Crippen LogP contribution in [0.4, 0.5) is 0 Å². The molecule has 4 heteroatoms. The van der Waals surface area contributed by atoms with E-state index < -0.39 is 0 Å². The number of hydrogen-bond acceptors (Lipinski definition) is 2. The van der Waals surface area contributed by atoms with Gasteiger partial charge >= 0.3 is 0 Å². The lowest BCUT2D eigenvalue weighted by atomic mass is 9.96.